The molecule has 3 nitrogen and oxygen atoms in total. The van der Waals surface area contributed by atoms with Crippen LogP contribution in [0.15, 0.2) is 41.0 Å². The van der Waals surface area contributed by atoms with E-state index < -0.39 is 0 Å². The highest BCUT2D eigenvalue weighted by atomic mass is 35.5. The molecule has 1 atom stereocenters. The van der Waals surface area contributed by atoms with E-state index in [0.717, 1.165) is 17.9 Å². The van der Waals surface area contributed by atoms with Gasteiger partial charge < -0.3 is 10.2 Å². The Bertz CT molecular complexity index is 596. The number of rotatable bonds is 6. The summed E-state index contributed by atoms with van der Waals surface area (Å²) in [5.41, 5.74) is 7.14. The van der Waals surface area contributed by atoms with Gasteiger partial charge >= 0.3 is 0 Å². The molecule has 1 aromatic carbocycles. The molecule has 0 saturated heterocycles. The Morgan fingerprint density at radius 1 is 1.24 bits per heavy atom. The highest BCUT2D eigenvalue weighted by Gasteiger charge is 2.34. The highest BCUT2D eigenvalue weighted by molar-refractivity contribution is 6.42. The highest BCUT2D eigenvalue weighted by Crippen LogP contribution is 2.37. The van der Waals surface area contributed by atoms with Crippen LogP contribution in [0.25, 0.3) is 0 Å². The molecule has 3 rings (SSSR count). The van der Waals surface area contributed by atoms with Gasteiger partial charge in [0.05, 0.1) is 22.9 Å². The summed E-state index contributed by atoms with van der Waals surface area (Å²) in [6.07, 6.45) is 4.12. The van der Waals surface area contributed by atoms with Gasteiger partial charge in [-0.25, -0.2) is 0 Å². The zero-order valence-electron chi connectivity index (χ0n) is 11.6. The minimum Gasteiger partial charge on any atom is -0.468 e. The first-order valence-electron chi connectivity index (χ1n) is 7.12. The Hall–Kier alpha value is -1.00. The summed E-state index contributed by atoms with van der Waals surface area (Å²) >= 11 is 12.2. The third-order valence-corrected chi connectivity index (χ3v) is 4.63. The van der Waals surface area contributed by atoms with Crippen molar-refractivity contribution in [1.82, 2.24) is 4.90 Å². The second-order valence-electron chi connectivity index (χ2n) is 5.41. The molecule has 1 aliphatic rings. The van der Waals surface area contributed by atoms with Crippen LogP contribution < -0.4 is 5.73 Å². The number of nitrogens with zero attached hydrogens (tertiary/aromatic N) is 1. The summed E-state index contributed by atoms with van der Waals surface area (Å²) < 4.78 is 5.49. The normalized spacial score (nSPS) is 16.4. The molecule has 2 N–H and O–H groups in total. The molecular formula is C16H18Cl2N2O. The van der Waals surface area contributed by atoms with E-state index in [0.29, 0.717) is 22.6 Å². The standard InChI is InChI=1S/C16H18Cl2N2O/c17-14-6-3-11(8-15(14)18)16(9-19)20(12-4-5-12)10-13-2-1-7-21-13/h1-3,6-8,12,16H,4-5,9-10,19H2. The molecule has 0 radical (unpaired) electrons. The van der Waals surface area contributed by atoms with E-state index in [4.69, 9.17) is 33.4 Å². The number of nitrogens with two attached hydrogens (primary N) is 1. The Morgan fingerprint density at radius 3 is 2.62 bits per heavy atom. The van der Waals surface area contributed by atoms with E-state index in [2.05, 4.69) is 4.90 Å². The van der Waals surface area contributed by atoms with Crippen LogP contribution in [0, 0.1) is 0 Å². The van der Waals surface area contributed by atoms with Crippen LogP contribution in [0.1, 0.15) is 30.2 Å². The second kappa shape index (κ2) is 6.41. The molecular weight excluding hydrogens is 307 g/mol. The van der Waals surface area contributed by atoms with Crippen LogP contribution >= 0.6 is 23.2 Å². The van der Waals surface area contributed by atoms with Crippen molar-refractivity contribution in [3.63, 3.8) is 0 Å². The van der Waals surface area contributed by atoms with Crippen molar-refractivity contribution in [2.75, 3.05) is 6.54 Å². The minimum atomic E-state index is 0.123. The summed E-state index contributed by atoms with van der Waals surface area (Å²) in [6, 6.07) is 10.4. The van der Waals surface area contributed by atoms with Crippen molar-refractivity contribution >= 4 is 23.2 Å². The molecule has 0 spiro atoms. The average molecular weight is 325 g/mol. The number of hydrogen-bond acceptors (Lipinski definition) is 3. The Kier molecular flexibility index (Phi) is 4.55. The fraction of sp³-hybridized carbons (Fsp3) is 0.375. The molecule has 0 bridgehead atoms. The third-order valence-electron chi connectivity index (χ3n) is 3.89. The first-order valence-corrected chi connectivity index (χ1v) is 7.87. The van der Waals surface area contributed by atoms with Gasteiger partial charge in [0.2, 0.25) is 0 Å². The summed E-state index contributed by atoms with van der Waals surface area (Å²) in [5, 5.41) is 1.14. The Morgan fingerprint density at radius 2 is 2.05 bits per heavy atom. The van der Waals surface area contributed by atoms with E-state index in [1.165, 1.54) is 12.8 Å². The van der Waals surface area contributed by atoms with Crippen molar-refractivity contribution in [2.45, 2.75) is 31.5 Å². The van der Waals surface area contributed by atoms with Crippen LogP contribution in [0.4, 0.5) is 0 Å². The molecule has 1 fully saturated rings. The maximum atomic E-state index is 6.15. The first-order chi connectivity index (χ1) is 10.2. The maximum absolute atomic E-state index is 6.15. The fourth-order valence-corrected chi connectivity index (χ4v) is 2.97. The summed E-state index contributed by atoms with van der Waals surface area (Å²) in [7, 11) is 0. The molecule has 112 valence electrons. The molecule has 1 aliphatic carbocycles. The molecule has 0 amide bonds. The van der Waals surface area contributed by atoms with Gasteiger partial charge in [-0.2, -0.15) is 0 Å². The minimum absolute atomic E-state index is 0.123. The van der Waals surface area contributed by atoms with Gasteiger partial charge in [-0.05, 0) is 42.7 Å². The number of furan rings is 1. The molecule has 21 heavy (non-hydrogen) atoms. The zero-order valence-corrected chi connectivity index (χ0v) is 13.1. The molecule has 1 aromatic heterocycles. The van der Waals surface area contributed by atoms with Crippen molar-refractivity contribution in [2.24, 2.45) is 5.73 Å². The van der Waals surface area contributed by atoms with Crippen LogP contribution in [-0.2, 0) is 6.54 Å². The summed E-state index contributed by atoms with van der Waals surface area (Å²) in [6.45, 7) is 1.30. The van der Waals surface area contributed by atoms with Crippen molar-refractivity contribution in [3.8, 4) is 0 Å². The van der Waals surface area contributed by atoms with Crippen molar-refractivity contribution in [3.05, 3.63) is 58.0 Å². The predicted molar refractivity (Wildman–Crippen MR) is 85.5 cm³/mol. The number of halogens is 2. The topological polar surface area (TPSA) is 42.4 Å². The smallest absolute Gasteiger partial charge is 0.117 e. The van der Waals surface area contributed by atoms with Crippen molar-refractivity contribution < 1.29 is 4.42 Å². The van der Waals surface area contributed by atoms with Gasteiger partial charge in [0.1, 0.15) is 5.76 Å². The van der Waals surface area contributed by atoms with Crippen LogP contribution in [0.2, 0.25) is 10.0 Å². The van der Waals surface area contributed by atoms with Gasteiger partial charge in [-0.1, -0.05) is 29.3 Å². The molecule has 1 saturated carbocycles. The Balaban J connectivity index is 1.86. The van der Waals surface area contributed by atoms with Crippen LogP contribution in [0.3, 0.4) is 0 Å². The monoisotopic (exact) mass is 324 g/mol. The lowest BCUT2D eigenvalue weighted by Gasteiger charge is -2.30. The third kappa shape index (κ3) is 3.43. The summed E-state index contributed by atoms with van der Waals surface area (Å²) in [4.78, 5) is 2.40. The van der Waals surface area contributed by atoms with E-state index in [1.807, 2.05) is 30.3 Å². The van der Waals surface area contributed by atoms with Gasteiger partial charge in [-0.15, -0.1) is 0 Å². The van der Waals surface area contributed by atoms with E-state index in [1.54, 1.807) is 6.26 Å². The lowest BCUT2D eigenvalue weighted by atomic mass is 10.0. The lowest BCUT2D eigenvalue weighted by molar-refractivity contribution is 0.168. The van der Waals surface area contributed by atoms with Crippen LogP contribution in [0.5, 0.6) is 0 Å². The van der Waals surface area contributed by atoms with Crippen molar-refractivity contribution in [1.29, 1.82) is 0 Å². The van der Waals surface area contributed by atoms with Gasteiger partial charge in [0, 0.05) is 18.6 Å². The Labute approximate surface area is 134 Å². The predicted octanol–water partition coefficient (Wildman–Crippen LogP) is 4.25. The summed E-state index contributed by atoms with van der Waals surface area (Å²) in [5.74, 6) is 0.959. The molecule has 1 heterocycles. The molecule has 2 aromatic rings. The molecule has 1 unspecified atom stereocenters. The number of hydrogen-bond donors (Lipinski definition) is 1. The molecule has 5 heteroatoms. The van der Waals surface area contributed by atoms with Crippen LogP contribution in [-0.4, -0.2) is 17.5 Å². The maximum Gasteiger partial charge on any atom is 0.117 e. The largest absolute Gasteiger partial charge is 0.468 e. The fourth-order valence-electron chi connectivity index (χ4n) is 2.67. The number of benzene rings is 1. The first kappa shape index (κ1) is 14.9. The van der Waals surface area contributed by atoms with Gasteiger partial charge in [-0.3, -0.25) is 4.90 Å². The molecule has 0 aliphatic heterocycles. The zero-order chi connectivity index (χ0) is 14.8. The van der Waals surface area contributed by atoms with E-state index in [-0.39, 0.29) is 6.04 Å². The van der Waals surface area contributed by atoms with Gasteiger partial charge in [0.15, 0.2) is 0 Å². The lowest BCUT2D eigenvalue weighted by Crippen LogP contribution is -2.35. The average Bonchev–Trinajstić information content (AvgIpc) is 3.20. The second-order valence-corrected chi connectivity index (χ2v) is 6.22. The van der Waals surface area contributed by atoms with E-state index >= 15 is 0 Å². The van der Waals surface area contributed by atoms with E-state index in [9.17, 15) is 0 Å². The quantitative estimate of drug-likeness (QED) is 0.863. The van der Waals surface area contributed by atoms with Gasteiger partial charge in [0.25, 0.3) is 0 Å². The SMILES string of the molecule is NCC(c1ccc(Cl)c(Cl)c1)N(Cc1ccco1)C1CC1.